The minimum atomic E-state index is -3.63. The highest BCUT2D eigenvalue weighted by molar-refractivity contribution is 14.0. The standard InChI is InChI=1S/C11H20N4O3S2.HI/c1-3-13-11(14-6-7-18-2)15-8-9-4-5-10(19-9)20(12,16)17;/h4-5H,3,6-8H2,1-2H3,(H2,12,16,17)(H2,13,14,15);1H. The van der Waals surface area contributed by atoms with Crippen LogP contribution >= 0.6 is 35.3 Å². The number of aliphatic imine (C=N–C) groups is 1. The van der Waals surface area contributed by atoms with Crippen molar-refractivity contribution in [3.05, 3.63) is 17.0 Å². The zero-order chi connectivity index (χ0) is 15.0. The molecule has 1 aromatic rings. The Morgan fingerprint density at radius 1 is 1.43 bits per heavy atom. The Labute approximate surface area is 146 Å². The van der Waals surface area contributed by atoms with Crippen LogP contribution in [-0.4, -0.2) is 41.2 Å². The predicted octanol–water partition coefficient (Wildman–Crippen LogP) is 0.715. The quantitative estimate of drug-likeness (QED) is 0.247. The lowest BCUT2D eigenvalue weighted by Crippen LogP contribution is -2.38. The average Bonchev–Trinajstić information content (AvgIpc) is 2.85. The zero-order valence-electron chi connectivity index (χ0n) is 12.0. The molecule has 0 aromatic carbocycles. The van der Waals surface area contributed by atoms with E-state index in [2.05, 4.69) is 15.6 Å². The first kappa shape index (κ1) is 20.6. The number of guanidine groups is 1. The number of primary sulfonamides is 1. The highest BCUT2D eigenvalue weighted by Crippen LogP contribution is 2.20. The molecule has 0 unspecified atom stereocenters. The Balaban J connectivity index is 0.00000400. The van der Waals surface area contributed by atoms with Crippen molar-refractivity contribution in [1.82, 2.24) is 10.6 Å². The van der Waals surface area contributed by atoms with Gasteiger partial charge in [0.05, 0.1) is 13.2 Å². The molecule has 0 aliphatic heterocycles. The third kappa shape index (κ3) is 7.95. The van der Waals surface area contributed by atoms with Gasteiger partial charge in [0.1, 0.15) is 4.21 Å². The maximum absolute atomic E-state index is 11.2. The number of hydrogen-bond acceptors (Lipinski definition) is 5. The third-order valence-electron chi connectivity index (χ3n) is 2.25. The summed E-state index contributed by atoms with van der Waals surface area (Å²) in [6.07, 6.45) is 0. The molecule has 0 saturated carbocycles. The number of nitrogens with two attached hydrogens (primary N) is 1. The first-order chi connectivity index (χ1) is 9.47. The summed E-state index contributed by atoms with van der Waals surface area (Å²) in [5.74, 6) is 0.662. The van der Waals surface area contributed by atoms with E-state index in [1.54, 1.807) is 13.2 Å². The van der Waals surface area contributed by atoms with Crippen molar-refractivity contribution in [2.24, 2.45) is 10.1 Å². The zero-order valence-corrected chi connectivity index (χ0v) is 15.9. The van der Waals surface area contributed by atoms with Gasteiger partial charge in [0.15, 0.2) is 5.96 Å². The fraction of sp³-hybridized carbons (Fsp3) is 0.545. The molecule has 1 rings (SSSR count). The Morgan fingerprint density at radius 3 is 2.67 bits per heavy atom. The van der Waals surface area contributed by atoms with Crippen molar-refractivity contribution in [2.45, 2.75) is 17.7 Å². The van der Waals surface area contributed by atoms with E-state index in [1.165, 1.54) is 6.07 Å². The number of rotatable bonds is 7. The van der Waals surface area contributed by atoms with E-state index in [0.717, 1.165) is 22.8 Å². The second-order valence-electron chi connectivity index (χ2n) is 3.88. The monoisotopic (exact) mass is 448 g/mol. The van der Waals surface area contributed by atoms with Crippen molar-refractivity contribution >= 4 is 51.3 Å². The predicted molar refractivity (Wildman–Crippen MR) is 95.8 cm³/mol. The highest BCUT2D eigenvalue weighted by atomic mass is 127. The van der Waals surface area contributed by atoms with Crippen LogP contribution in [0.2, 0.25) is 0 Å². The molecule has 21 heavy (non-hydrogen) atoms. The van der Waals surface area contributed by atoms with Gasteiger partial charge in [0, 0.05) is 25.1 Å². The summed E-state index contributed by atoms with van der Waals surface area (Å²) in [7, 11) is -1.99. The molecule has 0 radical (unpaired) electrons. The van der Waals surface area contributed by atoms with Gasteiger partial charge in [-0.05, 0) is 19.1 Å². The molecule has 0 saturated heterocycles. The minimum absolute atomic E-state index is 0. The number of ether oxygens (including phenoxy) is 1. The van der Waals surface area contributed by atoms with Crippen LogP contribution in [0, 0.1) is 0 Å². The van der Waals surface area contributed by atoms with E-state index in [9.17, 15) is 8.42 Å². The second-order valence-corrected chi connectivity index (χ2v) is 6.84. The largest absolute Gasteiger partial charge is 0.383 e. The van der Waals surface area contributed by atoms with Crippen molar-refractivity contribution in [2.75, 3.05) is 26.8 Å². The van der Waals surface area contributed by atoms with Crippen molar-refractivity contribution < 1.29 is 13.2 Å². The number of thiophene rings is 1. The fourth-order valence-corrected chi connectivity index (χ4v) is 3.07. The summed E-state index contributed by atoms with van der Waals surface area (Å²) in [4.78, 5) is 5.20. The topological polar surface area (TPSA) is 106 Å². The Morgan fingerprint density at radius 2 is 2.14 bits per heavy atom. The number of methoxy groups -OCH3 is 1. The second kappa shape index (κ2) is 10.3. The van der Waals surface area contributed by atoms with Gasteiger partial charge in [0.25, 0.3) is 0 Å². The fourth-order valence-electron chi connectivity index (χ4n) is 1.37. The Hall–Kier alpha value is -0.430. The van der Waals surface area contributed by atoms with Gasteiger partial charge < -0.3 is 15.4 Å². The molecule has 1 heterocycles. The molecule has 0 spiro atoms. The van der Waals surface area contributed by atoms with Gasteiger partial charge in [-0.25, -0.2) is 18.5 Å². The van der Waals surface area contributed by atoms with E-state index in [-0.39, 0.29) is 28.2 Å². The maximum atomic E-state index is 11.2. The van der Waals surface area contributed by atoms with E-state index in [1.807, 2.05) is 6.92 Å². The molecule has 0 bridgehead atoms. The van der Waals surface area contributed by atoms with Crippen molar-refractivity contribution in [1.29, 1.82) is 0 Å². The van der Waals surface area contributed by atoms with Gasteiger partial charge in [-0.2, -0.15) is 0 Å². The molecule has 0 aliphatic carbocycles. The van der Waals surface area contributed by atoms with E-state index >= 15 is 0 Å². The maximum Gasteiger partial charge on any atom is 0.247 e. The van der Waals surface area contributed by atoms with E-state index in [0.29, 0.717) is 25.7 Å². The summed E-state index contributed by atoms with van der Waals surface area (Å²) >= 11 is 1.13. The summed E-state index contributed by atoms with van der Waals surface area (Å²) < 4.78 is 27.5. The van der Waals surface area contributed by atoms with Crippen LogP contribution in [0.5, 0.6) is 0 Å². The number of nitrogens with zero attached hydrogens (tertiary/aromatic N) is 1. The smallest absolute Gasteiger partial charge is 0.247 e. The van der Waals surface area contributed by atoms with Crippen LogP contribution in [0.4, 0.5) is 0 Å². The van der Waals surface area contributed by atoms with Crippen LogP contribution in [-0.2, 0) is 21.3 Å². The molecular formula is C11H21IN4O3S2. The molecule has 0 atom stereocenters. The molecular weight excluding hydrogens is 427 g/mol. The lowest BCUT2D eigenvalue weighted by Gasteiger charge is -2.10. The van der Waals surface area contributed by atoms with Crippen LogP contribution in [0.25, 0.3) is 0 Å². The summed E-state index contributed by atoms with van der Waals surface area (Å²) in [5, 5.41) is 11.3. The van der Waals surface area contributed by atoms with Crippen LogP contribution in [0.1, 0.15) is 11.8 Å². The SMILES string of the molecule is CCNC(=NCc1ccc(S(N)(=O)=O)s1)NCCOC.I. The average molecular weight is 448 g/mol. The number of hydrogen-bond donors (Lipinski definition) is 3. The minimum Gasteiger partial charge on any atom is -0.383 e. The molecule has 7 nitrogen and oxygen atoms in total. The van der Waals surface area contributed by atoms with Crippen LogP contribution < -0.4 is 15.8 Å². The normalized spacial score (nSPS) is 11.9. The third-order valence-corrected chi connectivity index (χ3v) is 4.76. The van der Waals surface area contributed by atoms with Crippen LogP contribution in [0.15, 0.2) is 21.3 Å². The van der Waals surface area contributed by atoms with Gasteiger partial charge >= 0.3 is 0 Å². The number of halogens is 1. The first-order valence-corrected chi connectivity index (χ1v) is 8.46. The van der Waals surface area contributed by atoms with Gasteiger partial charge in [0.2, 0.25) is 10.0 Å². The van der Waals surface area contributed by atoms with Gasteiger partial charge in [-0.15, -0.1) is 35.3 Å². The molecule has 1 aromatic heterocycles. The first-order valence-electron chi connectivity index (χ1n) is 6.10. The summed E-state index contributed by atoms with van der Waals surface area (Å²) in [6.45, 7) is 4.33. The number of nitrogens with one attached hydrogen (secondary N) is 2. The molecule has 122 valence electrons. The van der Waals surface area contributed by atoms with Gasteiger partial charge in [-0.3, -0.25) is 0 Å². The van der Waals surface area contributed by atoms with Crippen molar-refractivity contribution in [3.8, 4) is 0 Å². The molecule has 0 fully saturated rings. The molecule has 0 aliphatic rings. The molecule has 4 N–H and O–H groups in total. The van der Waals surface area contributed by atoms with E-state index in [4.69, 9.17) is 9.88 Å². The Bertz CT molecular complexity index is 545. The highest BCUT2D eigenvalue weighted by Gasteiger charge is 2.10. The lowest BCUT2D eigenvalue weighted by molar-refractivity contribution is 0.203. The summed E-state index contributed by atoms with van der Waals surface area (Å²) in [6, 6.07) is 3.21. The van der Waals surface area contributed by atoms with Crippen molar-refractivity contribution in [3.63, 3.8) is 0 Å². The van der Waals surface area contributed by atoms with E-state index < -0.39 is 10.0 Å². The summed E-state index contributed by atoms with van der Waals surface area (Å²) in [5.41, 5.74) is 0. The Kier molecular flexibility index (Phi) is 10.1. The lowest BCUT2D eigenvalue weighted by atomic mass is 10.5. The van der Waals surface area contributed by atoms with Crippen LogP contribution in [0.3, 0.4) is 0 Å². The van der Waals surface area contributed by atoms with Gasteiger partial charge in [-0.1, -0.05) is 0 Å². The number of sulfonamides is 1. The molecule has 10 heteroatoms. The molecule has 0 amide bonds.